The van der Waals surface area contributed by atoms with E-state index in [-0.39, 0.29) is 12.5 Å². The van der Waals surface area contributed by atoms with Crippen LogP contribution in [-0.4, -0.2) is 36.7 Å². The second kappa shape index (κ2) is 7.25. The van der Waals surface area contributed by atoms with Gasteiger partial charge in [-0.1, -0.05) is 0 Å². The van der Waals surface area contributed by atoms with Crippen LogP contribution < -0.4 is 10.1 Å². The van der Waals surface area contributed by atoms with E-state index in [2.05, 4.69) is 16.4 Å². The summed E-state index contributed by atoms with van der Waals surface area (Å²) in [4.78, 5) is 22.2. The Kier molecular flexibility index (Phi) is 4.80. The molecule has 0 saturated heterocycles. The number of fused-ring (bicyclic) bond motifs is 1. The van der Waals surface area contributed by atoms with Crippen LogP contribution in [0.1, 0.15) is 29.3 Å². The van der Waals surface area contributed by atoms with Crippen molar-refractivity contribution in [1.29, 1.82) is 0 Å². The molecule has 1 aliphatic carbocycles. The van der Waals surface area contributed by atoms with Crippen LogP contribution in [0.5, 0.6) is 5.75 Å². The second-order valence-electron chi connectivity index (χ2n) is 6.67. The van der Waals surface area contributed by atoms with E-state index in [4.69, 9.17) is 14.5 Å². The predicted octanol–water partition coefficient (Wildman–Crippen LogP) is 4.14. The van der Waals surface area contributed by atoms with Crippen LogP contribution >= 0.6 is 11.3 Å². The third-order valence-electron chi connectivity index (χ3n) is 4.60. The number of carbonyl (C=O) groups excluding carboxylic acids is 1. The summed E-state index contributed by atoms with van der Waals surface area (Å²) in [6.07, 6.45) is 4.25. The molecule has 27 heavy (non-hydrogen) atoms. The van der Waals surface area contributed by atoms with Gasteiger partial charge in [-0.3, -0.25) is 4.79 Å². The van der Waals surface area contributed by atoms with Gasteiger partial charge in [0.15, 0.2) is 0 Å². The van der Waals surface area contributed by atoms with Gasteiger partial charge in [0.2, 0.25) is 5.91 Å². The number of carbonyl (C=O) groups is 1. The smallest absolute Gasteiger partial charge is 0.250 e. The maximum Gasteiger partial charge on any atom is 0.250 e. The van der Waals surface area contributed by atoms with Gasteiger partial charge in [-0.25, -0.2) is 9.97 Å². The number of hydrogen-bond acceptors (Lipinski definition) is 6. The van der Waals surface area contributed by atoms with Gasteiger partial charge in [0, 0.05) is 18.7 Å². The van der Waals surface area contributed by atoms with Gasteiger partial charge < -0.3 is 14.8 Å². The Labute approximate surface area is 161 Å². The molecule has 1 N–H and O–H groups in total. The molecular weight excluding hydrogens is 362 g/mol. The molecule has 2 aromatic heterocycles. The number of thiazole rings is 1. The van der Waals surface area contributed by atoms with Gasteiger partial charge in [-0.15, -0.1) is 11.3 Å². The van der Waals surface area contributed by atoms with E-state index >= 15 is 0 Å². The quantitative estimate of drug-likeness (QED) is 0.693. The normalized spacial score (nSPS) is 13.7. The highest BCUT2D eigenvalue weighted by atomic mass is 32.1. The van der Waals surface area contributed by atoms with Gasteiger partial charge in [0.25, 0.3) is 0 Å². The van der Waals surface area contributed by atoms with Crippen LogP contribution in [0, 0.1) is 6.92 Å². The zero-order chi connectivity index (χ0) is 19.0. The Morgan fingerprint density at radius 2 is 2.11 bits per heavy atom. The molecule has 1 fully saturated rings. The van der Waals surface area contributed by atoms with E-state index in [1.54, 1.807) is 18.4 Å². The van der Waals surface area contributed by atoms with Crippen molar-refractivity contribution in [3.05, 3.63) is 35.0 Å². The molecule has 0 unspecified atom stereocenters. The summed E-state index contributed by atoms with van der Waals surface area (Å²) >= 11 is 1.63. The van der Waals surface area contributed by atoms with Crippen LogP contribution in [0.15, 0.2) is 24.4 Å². The van der Waals surface area contributed by atoms with E-state index < -0.39 is 0 Å². The van der Waals surface area contributed by atoms with Crippen molar-refractivity contribution in [3.8, 4) is 16.3 Å². The molecule has 7 heteroatoms. The van der Waals surface area contributed by atoms with Gasteiger partial charge >= 0.3 is 0 Å². The fourth-order valence-electron chi connectivity index (χ4n) is 3.20. The first kappa shape index (κ1) is 17.9. The number of pyridine rings is 1. The van der Waals surface area contributed by atoms with Crippen molar-refractivity contribution < 1.29 is 14.3 Å². The van der Waals surface area contributed by atoms with E-state index in [1.807, 2.05) is 25.3 Å². The summed E-state index contributed by atoms with van der Waals surface area (Å²) in [5, 5.41) is 4.93. The van der Waals surface area contributed by atoms with Crippen LogP contribution in [0.4, 0.5) is 5.69 Å². The number of methoxy groups -OCH3 is 2. The van der Waals surface area contributed by atoms with Crippen LogP contribution in [0.25, 0.3) is 21.5 Å². The second-order valence-corrected chi connectivity index (χ2v) is 7.90. The molecule has 140 valence electrons. The van der Waals surface area contributed by atoms with Crippen LogP contribution in [0.3, 0.4) is 0 Å². The average Bonchev–Trinajstić information content (AvgIpc) is 3.41. The Morgan fingerprint density at radius 3 is 2.74 bits per heavy atom. The van der Waals surface area contributed by atoms with Crippen LogP contribution in [-0.2, 0) is 9.53 Å². The summed E-state index contributed by atoms with van der Waals surface area (Å²) in [6, 6.07) is 6.03. The highest BCUT2D eigenvalue weighted by Gasteiger charge is 2.27. The maximum absolute atomic E-state index is 12.0. The number of amides is 1. The van der Waals surface area contributed by atoms with Crippen molar-refractivity contribution >= 4 is 33.8 Å². The van der Waals surface area contributed by atoms with E-state index in [9.17, 15) is 4.79 Å². The van der Waals surface area contributed by atoms with Gasteiger partial charge in [0.05, 0.1) is 33.9 Å². The number of nitrogens with zero attached hydrogens (tertiary/aromatic N) is 2. The number of aromatic nitrogens is 2. The minimum absolute atomic E-state index is 0.0118. The SMILES string of the molecule is COCC(=O)Nc1cc2nc(-c3cnc(C)s3)cc(C3CC3)c2cc1OC. The van der Waals surface area contributed by atoms with E-state index in [0.717, 1.165) is 26.5 Å². The lowest BCUT2D eigenvalue weighted by molar-refractivity contribution is -0.119. The van der Waals surface area contributed by atoms with Crippen molar-refractivity contribution in [3.63, 3.8) is 0 Å². The van der Waals surface area contributed by atoms with Gasteiger partial charge in [-0.05, 0) is 49.4 Å². The van der Waals surface area contributed by atoms with Crippen molar-refractivity contribution in [2.24, 2.45) is 0 Å². The largest absolute Gasteiger partial charge is 0.495 e. The monoisotopic (exact) mass is 383 g/mol. The van der Waals surface area contributed by atoms with E-state index in [0.29, 0.717) is 17.4 Å². The van der Waals surface area contributed by atoms with Crippen molar-refractivity contribution in [2.75, 3.05) is 26.1 Å². The lowest BCUT2D eigenvalue weighted by Crippen LogP contribution is -2.17. The highest BCUT2D eigenvalue weighted by Crippen LogP contribution is 2.45. The number of ether oxygens (including phenoxy) is 2. The number of rotatable bonds is 6. The minimum atomic E-state index is -0.230. The topological polar surface area (TPSA) is 73.3 Å². The molecule has 0 radical (unpaired) electrons. The Morgan fingerprint density at radius 1 is 1.30 bits per heavy atom. The Hall–Kier alpha value is -2.51. The fourth-order valence-corrected chi connectivity index (χ4v) is 3.94. The highest BCUT2D eigenvalue weighted by molar-refractivity contribution is 7.15. The van der Waals surface area contributed by atoms with Crippen molar-refractivity contribution in [2.45, 2.75) is 25.7 Å². The Balaban J connectivity index is 1.85. The number of aryl methyl sites for hydroxylation is 1. The summed E-state index contributed by atoms with van der Waals surface area (Å²) in [5.41, 5.74) is 3.65. The number of anilines is 1. The molecule has 6 nitrogen and oxygen atoms in total. The standard InChI is InChI=1S/C20H21N3O3S/c1-11-21-9-19(27-11)17-6-13(12-4-5-12)14-7-18(26-3)16(8-15(14)22-17)23-20(24)10-25-2/h6-9,12H,4-5,10H2,1-3H3,(H,23,24). The summed E-state index contributed by atoms with van der Waals surface area (Å²) in [6.45, 7) is 1.98. The molecule has 0 bridgehead atoms. The van der Waals surface area contributed by atoms with Gasteiger partial charge in [0.1, 0.15) is 12.4 Å². The maximum atomic E-state index is 12.0. The average molecular weight is 383 g/mol. The molecule has 2 heterocycles. The molecule has 0 spiro atoms. The molecule has 4 rings (SSSR count). The van der Waals surface area contributed by atoms with Crippen LogP contribution in [0.2, 0.25) is 0 Å². The first-order valence-electron chi connectivity index (χ1n) is 8.83. The summed E-state index contributed by atoms with van der Waals surface area (Å²) < 4.78 is 10.4. The summed E-state index contributed by atoms with van der Waals surface area (Å²) in [7, 11) is 3.09. The minimum Gasteiger partial charge on any atom is -0.495 e. The third-order valence-corrected chi connectivity index (χ3v) is 5.54. The van der Waals surface area contributed by atoms with E-state index in [1.165, 1.54) is 25.5 Å². The molecule has 1 aliphatic rings. The lowest BCUT2D eigenvalue weighted by atomic mass is 10.0. The number of nitrogens with one attached hydrogen (secondary N) is 1. The number of benzene rings is 1. The molecule has 1 saturated carbocycles. The fraction of sp³-hybridized carbons (Fsp3) is 0.350. The van der Waals surface area contributed by atoms with Gasteiger partial charge in [-0.2, -0.15) is 0 Å². The molecule has 0 atom stereocenters. The zero-order valence-corrected chi connectivity index (χ0v) is 16.4. The first-order valence-corrected chi connectivity index (χ1v) is 9.65. The predicted molar refractivity (Wildman–Crippen MR) is 107 cm³/mol. The number of hydrogen-bond donors (Lipinski definition) is 1. The lowest BCUT2D eigenvalue weighted by Gasteiger charge is -2.14. The Bertz CT molecular complexity index is 1010. The molecule has 3 aromatic rings. The molecular formula is C20H21N3O3S. The first-order chi connectivity index (χ1) is 13.1. The summed E-state index contributed by atoms with van der Waals surface area (Å²) in [5.74, 6) is 0.950. The molecule has 1 aromatic carbocycles. The van der Waals surface area contributed by atoms with Crippen molar-refractivity contribution in [1.82, 2.24) is 9.97 Å². The molecule has 1 amide bonds. The third kappa shape index (κ3) is 3.65. The zero-order valence-electron chi connectivity index (χ0n) is 15.5. The molecule has 0 aliphatic heterocycles.